The van der Waals surface area contributed by atoms with Crippen molar-refractivity contribution in [3.8, 4) is 0 Å². The third-order valence-electron chi connectivity index (χ3n) is 4.81. The molecule has 2 amide bonds. The van der Waals surface area contributed by atoms with Gasteiger partial charge in [0, 0.05) is 23.5 Å². The molecule has 0 bridgehead atoms. The molecule has 1 aromatic heterocycles. The van der Waals surface area contributed by atoms with Crippen LogP contribution < -0.4 is 15.4 Å². The highest BCUT2D eigenvalue weighted by Gasteiger charge is 2.31. The maximum absolute atomic E-state index is 13.4. The van der Waals surface area contributed by atoms with Gasteiger partial charge in [0.1, 0.15) is 16.3 Å². The molecule has 3 N–H and O–H groups in total. The Bertz CT molecular complexity index is 1280. The van der Waals surface area contributed by atoms with Crippen molar-refractivity contribution in [1.29, 1.82) is 0 Å². The number of carbonyl (C=O) groups excluding carboxylic acids is 2. The average molecular weight is 605 g/mol. The lowest BCUT2D eigenvalue weighted by Gasteiger charge is -2.23. The molecule has 180 valence electrons. The second-order valence-corrected chi connectivity index (χ2v) is 12.4. The fraction of sp³-hybridized carbons (Fsp3) is 0.182. The van der Waals surface area contributed by atoms with Crippen LogP contribution in [0.4, 0.5) is 0 Å². The molecule has 3 aromatic rings. The van der Waals surface area contributed by atoms with Crippen LogP contribution in [0.25, 0.3) is 0 Å². The van der Waals surface area contributed by atoms with Crippen LogP contribution in [0.3, 0.4) is 0 Å². The summed E-state index contributed by atoms with van der Waals surface area (Å²) < 4.78 is 29.1. The van der Waals surface area contributed by atoms with Crippen molar-refractivity contribution < 1.29 is 18.0 Å². The highest BCUT2D eigenvalue weighted by molar-refractivity contribution is 9.11. The maximum atomic E-state index is 13.4. The van der Waals surface area contributed by atoms with Gasteiger partial charge in [-0.25, -0.2) is 8.42 Å². The van der Waals surface area contributed by atoms with E-state index in [9.17, 15) is 18.0 Å². The summed E-state index contributed by atoms with van der Waals surface area (Å²) in [4.78, 5) is 25.9. The van der Waals surface area contributed by atoms with Crippen LogP contribution >= 0.6 is 50.5 Å². The number of halogens is 3. The van der Waals surface area contributed by atoms with Gasteiger partial charge in [-0.15, -0.1) is 11.3 Å². The van der Waals surface area contributed by atoms with E-state index in [-0.39, 0.29) is 10.6 Å². The van der Waals surface area contributed by atoms with E-state index in [2.05, 4.69) is 31.3 Å². The zero-order valence-electron chi connectivity index (χ0n) is 17.7. The van der Waals surface area contributed by atoms with Crippen molar-refractivity contribution in [3.63, 3.8) is 0 Å². The molecule has 0 spiro atoms. The summed E-state index contributed by atoms with van der Waals surface area (Å²) >= 11 is 16.5. The van der Waals surface area contributed by atoms with Gasteiger partial charge in [0.25, 0.3) is 10.0 Å². The summed E-state index contributed by atoms with van der Waals surface area (Å²) in [6, 6.07) is 13.9. The van der Waals surface area contributed by atoms with Gasteiger partial charge in [0.15, 0.2) is 0 Å². The molecular weight excluding hydrogens is 585 g/mol. The summed E-state index contributed by atoms with van der Waals surface area (Å²) in [6.07, 6.45) is 0.114. The second kappa shape index (κ2) is 11.7. The van der Waals surface area contributed by atoms with E-state index in [1.807, 2.05) is 0 Å². The van der Waals surface area contributed by atoms with Crippen molar-refractivity contribution in [3.05, 3.63) is 85.6 Å². The Hall–Kier alpha value is -1.95. The number of thiophene rings is 1. The minimum absolute atomic E-state index is 0.0325. The molecule has 0 aliphatic carbocycles. The fourth-order valence-electron chi connectivity index (χ4n) is 3.11. The third kappa shape index (κ3) is 6.80. The van der Waals surface area contributed by atoms with Crippen molar-refractivity contribution in [2.24, 2.45) is 0 Å². The zero-order valence-corrected chi connectivity index (χ0v) is 22.4. The Kier molecular flexibility index (Phi) is 9.14. The number of carbonyl (C=O) groups is 2. The lowest BCUT2D eigenvalue weighted by Crippen LogP contribution is -2.50. The van der Waals surface area contributed by atoms with Gasteiger partial charge in [0.2, 0.25) is 11.8 Å². The molecule has 0 aliphatic heterocycles. The molecule has 2 atom stereocenters. The molecule has 0 saturated carbocycles. The van der Waals surface area contributed by atoms with Gasteiger partial charge in [-0.3, -0.25) is 9.59 Å². The first kappa shape index (κ1) is 26.7. The fourth-order valence-corrected chi connectivity index (χ4v) is 6.66. The van der Waals surface area contributed by atoms with E-state index in [1.165, 1.54) is 13.1 Å². The number of likely N-dealkylation sites (N-methyl/N-ethyl adjacent to an activating group) is 1. The zero-order chi connectivity index (χ0) is 24.9. The quantitative estimate of drug-likeness (QED) is 0.338. The number of benzene rings is 2. The summed E-state index contributed by atoms with van der Waals surface area (Å²) in [6.45, 7) is 0. The predicted octanol–water partition coefficient (Wildman–Crippen LogP) is 4.31. The van der Waals surface area contributed by atoms with E-state index in [0.717, 1.165) is 11.3 Å². The van der Waals surface area contributed by atoms with Gasteiger partial charge >= 0.3 is 0 Å². The van der Waals surface area contributed by atoms with Crippen molar-refractivity contribution in [1.82, 2.24) is 15.4 Å². The molecule has 0 fully saturated rings. The van der Waals surface area contributed by atoms with Crippen LogP contribution in [0.2, 0.25) is 10.0 Å². The van der Waals surface area contributed by atoms with Crippen LogP contribution in [0.15, 0.2) is 68.7 Å². The molecule has 2 unspecified atom stereocenters. The Balaban J connectivity index is 1.92. The van der Waals surface area contributed by atoms with Gasteiger partial charge in [0.05, 0.1) is 3.79 Å². The average Bonchev–Trinajstić information content (AvgIpc) is 3.26. The minimum atomic E-state index is -4.05. The van der Waals surface area contributed by atoms with Gasteiger partial charge in [-0.1, -0.05) is 53.5 Å². The highest BCUT2D eigenvalue weighted by Crippen LogP contribution is 2.28. The predicted molar refractivity (Wildman–Crippen MR) is 138 cm³/mol. The molecular formula is C22H20BrCl2N3O4S2. The van der Waals surface area contributed by atoms with Gasteiger partial charge in [-0.2, -0.15) is 4.72 Å². The molecule has 3 rings (SSSR count). The molecule has 7 nitrogen and oxygen atoms in total. The van der Waals surface area contributed by atoms with E-state index >= 15 is 0 Å². The summed E-state index contributed by atoms with van der Waals surface area (Å²) in [5, 5.41) is 6.05. The van der Waals surface area contributed by atoms with Crippen LogP contribution in [0, 0.1) is 0 Å². The Morgan fingerprint density at radius 2 is 1.68 bits per heavy atom. The normalized spacial score (nSPS) is 13.2. The molecule has 34 heavy (non-hydrogen) atoms. The summed E-state index contributed by atoms with van der Waals surface area (Å²) in [5.41, 5.74) is 1.01. The number of sulfonamides is 1. The van der Waals surface area contributed by atoms with Crippen molar-refractivity contribution >= 4 is 72.3 Å². The first-order valence-corrected chi connectivity index (χ1v) is 13.7. The summed E-state index contributed by atoms with van der Waals surface area (Å²) in [5.74, 6) is -1.16. The first-order chi connectivity index (χ1) is 16.1. The Morgan fingerprint density at radius 1 is 1.00 bits per heavy atom. The number of nitrogens with one attached hydrogen (secondary N) is 3. The largest absolute Gasteiger partial charge is 0.357 e. The van der Waals surface area contributed by atoms with E-state index < -0.39 is 33.9 Å². The number of hydrogen-bond acceptors (Lipinski definition) is 5. The maximum Gasteiger partial charge on any atom is 0.251 e. The third-order valence-corrected chi connectivity index (χ3v) is 8.97. The number of amides is 2. The van der Waals surface area contributed by atoms with Crippen LogP contribution in [0.1, 0.15) is 17.2 Å². The molecule has 0 aliphatic rings. The van der Waals surface area contributed by atoms with E-state index in [1.54, 1.807) is 54.6 Å². The van der Waals surface area contributed by atoms with Gasteiger partial charge in [-0.05, 0) is 57.4 Å². The topological polar surface area (TPSA) is 104 Å². The SMILES string of the molecule is CNC(=O)C(Cc1ccccc1Cl)NC(=O)C(NS(=O)(=O)c1ccc(Br)s1)c1ccc(Cl)cc1. The van der Waals surface area contributed by atoms with Crippen LogP contribution in [0.5, 0.6) is 0 Å². The smallest absolute Gasteiger partial charge is 0.251 e. The summed E-state index contributed by atoms with van der Waals surface area (Å²) in [7, 11) is -2.60. The Labute approximate surface area is 220 Å². The minimum Gasteiger partial charge on any atom is -0.357 e. The molecule has 2 aromatic carbocycles. The first-order valence-electron chi connectivity index (χ1n) is 9.89. The standard InChI is InChI=1S/C22H20BrCl2N3O4S2/c1-26-21(29)17(12-14-4-2-3-5-16(14)25)27-22(30)20(13-6-8-15(24)9-7-13)28-34(31,32)19-11-10-18(23)33-19/h2-11,17,20,28H,12H2,1H3,(H,26,29)(H,27,30). The molecule has 0 saturated heterocycles. The van der Waals surface area contributed by atoms with E-state index in [4.69, 9.17) is 23.2 Å². The molecule has 12 heteroatoms. The lowest BCUT2D eigenvalue weighted by atomic mass is 10.0. The Morgan fingerprint density at radius 3 is 2.26 bits per heavy atom. The monoisotopic (exact) mass is 603 g/mol. The number of rotatable bonds is 9. The lowest BCUT2D eigenvalue weighted by molar-refractivity contribution is -0.129. The van der Waals surface area contributed by atoms with Crippen molar-refractivity contribution in [2.45, 2.75) is 22.7 Å². The second-order valence-electron chi connectivity index (χ2n) is 7.14. The molecule has 0 radical (unpaired) electrons. The molecule has 1 heterocycles. The van der Waals surface area contributed by atoms with Crippen LogP contribution in [-0.4, -0.2) is 33.3 Å². The van der Waals surface area contributed by atoms with E-state index in [0.29, 0.717) is 25.0 Å². The van der Waals surface area contributed by atoms with Crippen LogP contribution in [-0.2, 0) is 26.0 Å². The van der Waals surface area contributed by atoms with Crippen molar-refractivity contribution in [2.75, 3.05) is 7.05 Å². The number of hydrogen-bond donors (Lipinski definition) is 3. The highest BCUT2D eigenvalue weighted by atomic mass is 79.9. The van der Waals surface area contributed by atoms with Gasteiger partial charge < -0.3 is 10.6 Å².